The van der Waals surface area contributed by atoms with Crippen LogP contribution in [0.5, 0.6) is 0 Å². The minimum absolute atomic E-state index is 0.145. The first-order valence-electron chi connectivity index (χ1n) is 9.64. The Morgan fingerprint density at radius 1 is 1.15 bits per heavy atom. The molecule has 0 aliphatic carbocycles. The number of hydrogen-bond donors (Lipinski definition) is 1. The van der Waals surface area contributed by atoms with Gasteiger partial charge < -0.3 is 15.1 Å². The van der Waals surface area contributed by atoms with Crippen LogP contribution in [0, 0.1) is 11.8 Å². The minimum Gasteiger partial charge on any atom is -0.355 e. The molecule has 7 heteroatoms. The summed E-state index contributed by atoms with van der Waals surface area (Å²) >= 11 is 0. The van der Waals surface area contributed by atoms with Gasteiger partial charge in [-0.25, -0.2) is 0 Å². The van der Waals surface area contributed by atoms with E-state index in [0.29, 0.717) is 5.92 Å². The number of amides is 1. The van der Waals surface area contributed by atoms with Crippen LogP contribution in [-0.2, 0) is 4.79 Å². The van der Waals surface area contributed by atoms with Crippen molar-refractivity contribution >= 4 is 11.7 Å². The topological polar surface area (TPSA) is 74.2 Å². The normalized spacial score (nSPS) is 20.9. The number of carbonyl (C=O) groups excluding carboxylic acids is 1. The van der Waals surface area contributed by atoms with Crippen molar-refractivity contribution in [3.63, 3.8) is 0 Å². The number of aromatic nitrogens is 3. The Morgan fingerprint density at radius 2 is 1.96 bits per heavy atom. The third-order valence-corrected chi connectivity index (χ3v) is 5.47. The monoisotopic (exact) mass is 366 g/mol. The molecule has 0 radical (unpaired) electrons. The summed E-state index contributed by atoms with van der Waals surface area (Å²) in [4.78, 5) is 20.8. The first-order valence-corrected chi connectivity index (χ1v) is 9.64. The standard InChI is InChI=1S/C20H26N6O/c1-25-10-2-3-17(14-25)20(27)22-11-15-12-26(13-15)19-5-4-18(23-24-19)16-6-8-21-9-7-16/h4-9,15,17H,2-3,10-14H2,1H3,(H,22,27). The second-order valence-electron chi connectivity index (χ2n) is 7.63. The molecule has 0 aromatic carbocycles. The van der Waals surface area contributed by atoms with Gasteiger partial charge >= 0.3 is 0 Å². The van der Waals surface area contributed by atoms with E-state index in [0.717, 1.165) is 62.6 Å². The molecule has 2 aliphatic heterocycles. The SMILES string of the molecule is CN1CCCC(C(=O)NCC2CN(c3ccc(-c4ccncc4)nn3)C2)C1. The molecule has 1 unspecified atom stereocenters. The number of hydrogen-bond acceptors (Lipinski definition) is 6. The number of rotatable bonds is 5. The van der Waals surface area contributed by atoms with E-state index in [1.165, 1.54) is 0 Å². The maximum atomic E-state index is 12.3. The third-order valence-electron chi connectivity index (χ3n) is 5.47. The zero-order valence-electron chi connectivity index (χ0n) is 15.7. The van der Waals surface area contributed by atoms with Gasteiger partial charge in [0, 0.05) is 50.1 Å². The van der Waals surface area contributed by atoms with Crippen molar-refractivity contribution in [1.82, 2.24) is 25.4 Å². The average Bonchev–Trinajstić information content (AvgIpc) is 2.68. The fourth-order valence-corrected chi connectivity index (χ4v) is 3.83. The molecular weight excluding hydrogens is 340 g/mol. The van der Waals surface area contributed by atoms with E-state index >= 15 is 0 Å². The van der Waals surface area contributed by atoms with Crippen molar-refractivity contribution in [3.8, 4) is 11.3 Å². The van der Waals surface area contributed by atoms with Crippen LogP contribution in [0.4, 0.5) is 5.82 Å². The maximum absolute atomic E-state index is 12.3. The fraction of sp³-hybridized carbons (Fsp3) is 0.500. The van der Waals surface area contributed by atoms with Crippen LogP contribution in [0.3, 0.4) is 0 Å². The Morgan fingerprint density at radius 3 is 2.67 bits per heavy atom. The molecule has 2 saturated heterocycles. The van der Waals surface area contributed by atoms with Crippen molar-refractivity contribution < 1.29 is 4.79 Å². The van der Waals surface area contributed by atoms with Crippen LogP contribution in [0.2, 0.25) is 0 Å². The zero-order chi connectivity index (χ0) is 18.6. The van der Waals surface area contributed by atoms with Gasteiger partial charge in [0.25, 0.3) is 0 Å². The zero-order valence-corrected chi connectivity index (χ0v) is 15.7. The van der Waals surface area contributed by atoms with E-state index in [1.54, 1.807) is 12.4 Å². The first kappa shape index (κ1) is 17.9. The lowest BCUT2D eigenvalue weighted by Gasteiger charge is -2.40. The number of nitrogens with zero attached hydrogens (tertiary/aromatic N) is 5. The summed E-state index contributed by atoms with van der Waals surface area (Å²) in [6, 6.07) is 7.86. The van der Waals surface area contributed by atoms with Crippen LogP contribution in [-0.4, -0.2) is 65.8 Å². The van der Waals surface area contributed by atoms with Gasteiger partial charge in [-0.15, -0.1) is 10.2 Å². The predicted molar refractivity (Wildman–Crippen MR) is 104 cm³/mol. The van der Waals surface area contributed by atoms with Gasteiger partial charge in [0.2, 0.25) is 5.91 Å². The number of anilines is 1. The van der Waals surface area contributed by atoms with Gasteiger partial charge in [0.05, 0.1) is 11.6 Å². The van der Waals surface area contributed by atoms with Crippen LogP contribution < -0.4 is 10.2 Å². The average molecular weight is 366 g/mol. The van der Waals surface area contributed by atoms with Crippen molar-refractivity contribution in [2.24, 2.45) is 11.8 Å². The largest absolute Gasteiger partial charge is 0.355 e. The van der Waals surface area contributed by atoms with Crippen LogP contribution in [0.15, 0.2) is 36.7 Å². The highest BCUT2D eigenvalue weighted by Gasteiger charge is 2.30. The summed E-state index contributed by atoms with van der Waals surface area (Å²) in [6.07, 6.45) is 5.63. The second kappa shape index (κ2) is 8.00. The Labute approximate surface area is 159 Å². The molecule has 0 saturated carbocycles. The van der Waals surface area contributed by atoms with Gasteiger partial charge in [-0.1, -0.05) is 0 Å². The van der Waals surface area contributed by atoms with Gasteiger partial charge in [0.1, 0.15) is 0 Å². The van der Waals surface area contributed by atoms with Crippen molar-refractivity contribution in [3.05, 3.63) is 36.7 Å². The Bertz CT molecular complexity index is 760. The van der Waals surface area contributed by atoms with Crippen molar-refractivity contribution in [1.29, 1.82) is 0 Å². The lowest BCUT2D eigenvalue weighted by atomic mass is 9.96. The molecule has 1 atom stereocenters. The highest BCUT2D eigenvalue weighted by molar-refractivity contribution is 5.79. The third kappa shape index (κ3) is 4.24. The Kier molecular flexibility index (Phi) is 5.29. The number of nitrogens with one attached hydrogen (secondary N) is 1. The molecular formula is C20H26N6O. The van der Waals surface area contributed by atoms with E-state index in [2.05, 4.69) is 37.3 Å². The number of carbonyl (C=O) groups is 1. The van der Waals surface area contributed by atoms with Gasteiger partial charge in [-0.3, -0.25) is 9.78 Å². The second-order valence-corrected chi connectivity index (χ2v) is 7.63. The quantitative estimate of drug-likeness (QED) is 0.863. The molecule has 27 heavy (non-hydrogen) atoms. The summed E-state index contributed by atoms with van der Waals surface area (Å²) < 4.78 is 0. The van der Waals surface area contributed by atoms with Crippen molar-refractivity contribution in [2.45, 2.75) is 12.8 Å². The van der Waals surface area contributed by atoms with E-state index in [-0.39, 0.29) is 11.8 Å². The van der Waals surface area contributed by atoms with Gasteiger partial charge in [-0.2, -0.15) is 0 Å². The summed E-state index contributed by atoms with van der Waals surface area (Å²) in [6.45, 7) is 4.55. The fourth-order valence-electron chi connectivity index (χ4n) is 3.83. The lowest BCUT2D eigenvalue weighted by molar-refractivity contribution is -0.126. The Balaban J connectivity index is 1.23. The summed E-state index contributed by atoms with van der Waals surface area (Å²) in [5.41, 5.74) is 1.87. The summed E-state index contributed by atoms with van der Waals surface area (Å²) in [5, 5.41) is 11.8. The molecule has 2 fully saturated rings. The summed E-state index contributed by atoms with van der Waals surface area (Å²) in [7, 11) is 2.09. The first-order chi connectivity index (χ1) is 13.2. The molecule has 0 spiro atoms. The minimum atomic E-state index is 0.145. The molecule has 2 aliphatic rings. The molecule has 4 rings (SSSR count). The molecule has 0 bridgehead atoms. The van der Waals surface area contributed by atoms with Crippen LogP contribution in [0.1, 0.15) is 12.8 Å². The van der Waals surface area contributed by atoms with E-state index in [1.807, 2.05) is 24.3 Å². The summed E-state index contributed by atoms with van der Waals surface area (Å²) in [5.74, 6) is 1.73. The molecule has 2 aromatic heterocycles. The highest BCUT2D eigenvalue weighted by atomic mass is 16.1. The number of likely N-dealkylation sites (tertiary alicyclic amines) is 1. The molecule has 7 nitrogen and oxygen atoms in total. The highest BCUT2D eigenvalue weighted by Crippen LogP contribution is 2.24. The molecule has 1 amide bonds. The van der Waals surface area contributed by atoms with Crippen LogP contribution >= 0.6 is 0 Å². The predicted octanol–water partition coefficient (Wildman–Crippen LogP) is 1.43. The van der Waals surface area contributed by atoms with Crippen molar-refractivity contribution in [2.75, 3.05) is 44.7 Å². The number of piperidine rings is 1. The van der Waals surface area contributed by atoms with E-state index < -0.39 is 0 Å². The van der Waals surface area contributed by atoms with Gasteiger partial charge in [-0.05, 0) is 50.7 Å². The van der Waals surface area contributed by atoms with E-state index in [4.69, 9.17) is 0 Å². The maximum Gasteiger partial charge on any atom is 0.224 e. The molecule has 4 heterocycles. The molecule has 1 N–H and O–H groups in total. The molecule has 2 aromatic rings. The lowest BCUT2D eigenvalue weighted by Crippen LogP contribution is -2.53. The Hall–Kier alpha value is -2.54. The van der Waals surface area contributed by atoms with Crippen LogP contribution in [0.25, 0.3) is 11.3 Å². The molecule has 142 valence electrons. The van der Waals surface area contributed by atoms with E-state index in [9.17, 15) is 4.79 Å². The van der Waals surface area contributed by atoms with Gasteiger partial charge in [0.15, 0.2) is 5.82 Å². The smallest absolute Gasteiger partial charge is 0.224 e. The number of pyridine rings is 1.